The van der Waals surface area contributed by atoms with E-state index in [4.69, 9.17) is 9.47 Å². The van der Waals surface area contributed by atoms with Gasteiger partial charge < -0.3 is 19.3 Å². The number of quaternary nitrogens is 1. The molecule has 6 nitrogen and oxygen atoms in total. The molecule has 1 saturated carbocycles. The van der Waals surface area contributed by atoms with E-state index < -0.39 is 11.0 Å². The van der Waals surface area contributed by atoms with Gasteiger partial charge in [-0.25, -0.2) is 0 Å². The molecule has 1 unspecified atom stereocenters. The zero-order valence-corrected chi connectivity index (χ0v) is 25.5. The van der Waals surface area contributed by atoms with Crippen molar-refractivity contribution in [2.24, 2.45) is 5.92 Å². The lowest BCUT2D eigenvalue weighted by Gasteiger charge is -2.61. The normalized spacial score (nSPS) is 27.2. The molecule has 42 heavy (non-hydrogen) atoms. The minimum absolute atomic E-state index is 0.0663. The first-order chi connectivity index (χ1) is 20.1. The van der Waals surface area contributed by atoms with Crippen molar-refractivity contribution in [3.8, 4) is 5.75 Å². The van der Waals surface area contributed by atoms with Crippen molar-refractivity contribution < 1.29 is 23.5 Å². The molecule has 3 aromatic carbocycles. The Morgan fingerprint density at radius 3 is 2.57 bits per heavy atom. The summed E-state index contributed by atoms with van der Waals surface area (Å²) in [6.45, 7) is 13.6. The van der Waals surface area contributed by atoms with E-state index in [2.05, 4.69) is 43.9 Å². The summed E-state index contributed by atoms with van der Waals surface area (Å²) in [7, 11) is 1.68. The van der Waals surface area contributed by atoms with Gasteiger partial charge in [-0.05, 0) is 65.9 Å². The molecule has 2 fully saturated rings. The summed E-state index contributed by atoms with van der Waals surface area (Å²) in [5, 5.41) is 5.53. The molecule has 222 valence electrons. The number of rotatable bonds is 9. The molecular formula is C36H45N2O4+. The highest BCUT2D eigenvalue weighted by Gasteiger charge is 2.65. The van der Waals surface area contributed by atoms with Gasteiger partial charge in [0.1, 0.15) is 12.3 Å². The molecular weight excluding hydrogens is 524 g/mol. The number of esters is 1. The summed E-state index contributed by atoms with van der Waals surface area (Å²) >= 11 is 0. The van der Waals surface area contributed by atoms with E-state index in [-0.39, 0.29) is 17.9 Å². The molecule has 1 amide bonds. The van der Waals surface area contributed by atoms with Crippen LogP contribution in [0.3, 0.4) is 0 Å². The molecule has 5 rings (SSSR count). The molecule has 3 aromatic rings. The van der Waals surface area contributed by atoms with E-state index in [9.17, 15) is 9.59 Å². The van der Waals surface area contributed by atoms with Gasteiger partial charge in [0.2, 0.25) is 0 Å². The Kier molecular flexibility index (Phi) is 8.47. The number of carbonyl (C=O) groups is 2. The number of piperidine rings is 1. The van der Waals surface area contributed by atoms with Crippen LogP contribution < -0.4 is 10.1 Å². The van der Waals surface area contributed by atoms with E-state index in [1.807, 2.05) is 54.6 Å². The lowest BCUT2D eigenvalue weighted by molar-refractivity contribution is -0.938. The zero-order valence-electron chi connectivity index (χ0n) is 25.5. The summed E-state index contributed by atoms with van der Waals surface area (Å²) in [5.41, 5.74) is 0.565. The van der Waals surface area contributed by atoms with Crippen LogP contribution in [0.4, 0.5) is 0 Å². The molecule has 2 aliphatic rings. The molecule has 4 atom stereocenters. The summed E-state index contributed by atoms with van der Waals surface area (Å²) < 4.78 is 13.0. The standard InChI is InChI=1S/C36H44N2O4/c1-6-19-38(24-26(2)3)20-18-35(31-12-9-13-33(22-31)41-5)23-32(16-17-36(35,25-38)42-27(4)39)37-34(40)30-15-14-28-10-7-8-11-29(28)21-30/h6-15,21-22,26,32H,1,16-20,23-25H2,2-5H3/p+1/t32-,35+,36?,38-/m0/s1. The Morgan fingerprint density at radius 1 is 1.07 bits per heavy atom. The van der Waals surface area contributed by atoms with Crippen LogP contribution in [0, 0.1) is 5.92 Å². The van der Waals surface area contributed by atoms with Gasteiger partial charge in [0.05, 0.1) is 26.7 Å². The number of fused-ring (bicyclic) bond motifs is 2. The number of likely N-dealkylation sites (tertiary alicyclic amines) is 1. The second-order valence-corrected chi connectivity index (χ2v) is 12.9. The smallest absolute Gasteiger partial charge is 0.303 e. The first-order valence-electron chi connectivity index (χ1n) is 15.2. The van der Waals surface area contributed by atoms with Crippen molar-refractivity contribution in [2.75, 3.05) is 33.3 Å². The van der Waals surface area contributed by atoms with Gasteiger partial charge in [-0.3, -0.25) is 9.59 Å². The Bertz CT molecular complexity index is 1470. The van der Waals surface area contributed by atoms with Gasteiger partial charge in [-0.15, -0.1) is 0 Å². The largest absolute Gasteiger partial charge is 0.497 e. The van der Waals surface area contributed by atoms with Gasteiger partial charge in [-0.2, -0.15) is 0 Å². The second-order valence-electron chi connectivity index (χ2n) is 12.9. The lowest BCUT2D eigenvalue weighted by Crippen LogP contribution is -2.74. The molecule has 1 aliphatic heterocycles. The van der Waals surface area contributed by atoms with Gasteiger partial charge in [0.25, 0.3) is 5.91 Å². The molecule has 1 N–H and O–H groups in total. The molecule has 1 saturated heterocycles. The van der Waals surface area contributed by atoms with Gasteiger partial charge in [-0.1, -0.05) is 62.9 Å². The third-order valence-electron chi connectivity index (χ3n) is 9.54. The fourth-order valence-electron chi connectivity index (χ4n) is 8.02. The lowest BCUT2D eigenvalue weighted by atomic mass is 9.54. The van der Waals surface area contributed by atoms with Gasteiger partial charge in [0, 0.05) is 36.3 Å². The summed E-state index contributed by atoms with van der Waals surface area (Å²) in [6, 6.07) is 22.1. The molecule has 1 aliphatic carbocycles. The number of hydrogen-bond donors (Lipinski definition) is 1. The number of nitrogens with zero attached hydrogens (tertiary/aromatic N) is 1. The second kappa shape index (κ2) is 11.9. The van der Waals surface area contributed by atoms with Crippen molar-refractivity contribution in [1.82, 2.24) is 5.32 Å². The zero-order chi connectivity index (χ0) is 30.0. The Hall–Kier alpha value is -3.64. The number of amides is 1. The maximum atomic E-state index is 13.6. The predicted octanol–water partition coefficient (Wildman–Crippen LogP) is 6.43. The van der Waals surface area contributed by atoms with Crippen molar-refractivity contribution >= 4 is 22.6 Å². The average Bonchev–Trinajstić information content (AvgIpc) is 2.96. The van der Waals surface area contributed by atoms with Crippen LogP contribution in [0.25, 0.3) is 10.8 Å². The van der Waals surface area contributed by atoms with E-state index in [0.29, 0.717) is 24.3 Å². The average molecular weight is 570 g/mol. The SMILES string of the molecule is C=CC[N@@+]1(CC(C)C)CC[C@]2(c3cccc(OC)c3)C[C@@H](NC(=O)c3ccc4ccccc4c3)CCC2(OC(C)=O)C1. The Labute approximate surface area is 250 Å². The maximum Gasteiger partial charge on any atom is 0.303 e. The monoisotopic (exact) mass is 569 g/mol. The fourth-order valence-corrected chi connectivity index (χ4v) is 8.02. The van der Waals surface area contributed by atoms with E-state index >= 15 is 0 Å². The van der Waals surface area contributed by atoms with Crippen LogP contribution in [0.15, 0.2) is 79.4 Å². The Morgan fingerprint density at radius 2 is 1.86 bits per heavy atom. The third kappa shape index (κ3) is 5.69. The van der Waals surface area contributed by atoms with Crippen LogP contribution >= 0.6 is 0 Å². The minimum atomic E-state index is -0.717. The number of benzene rings is 3. The number of ether oxygens (including phenoxy) is 2. The highest BCUT2D eigenvalue weighted by Crippen LogP contribution is 2.55. The third-order valence-corrected chi connectivity index (χ3v) is 9.54. The van der Waals surface area contributed by atoms with E-state index in [0.717, 1.165) is 65.6 Å². The summed E-state index contributed by atoms with van der Waals surface area (Å²) in [6.07, 6.45) is 4.92. The number of hydrogen-bond acceptors (Lipinski definition) is 4. The Balaban J connectivity index is 1.54. The quantitative estimate of drug-likeness (QED) is 0.183. The molecule has 0 radical (unpaired) electrons. The molecule has 0 aromatic heterocycles. The van der Waals surface area contributed by atoms with Crippen molar-refractivity contribution in [1.29, 1.82) is 0 Å². The molecule has 1 heterocycles. The topological polar surface area (TPSA) is 64.6 Å². The van der Waals surface area contributed by atoms with Crippen LogP contribution in [0.1, 0.15) is 62.4 Å². The van der Waals surface area contributed by atoms with Crippen molar-refractivity contribution in [3.05, 3.63) is 90.5 Å². The molecule has 0 spiro atoms. The van der Waals surface area contributed by atoms with Crippen LogP contribution in [-0.4, -0.2) is 61.3 Å². The summed E-state index contributed by atoms with van der Waals surface area (Å²) in [4.78, 5) is 26.5. The van der Waals surface area contributed by atoms with Crippen molar-refractivity contribution in [3.63, 3.8) is 0 Å². The first-order valence-corrected chi connectivity index (χ1v) is 15.2. The number of nitrogens with one attached hydrogen (secondary N) is 1. The number of carbonyl (C=O) groups excluding carboxylic acids is 2. The number of methoxy groups -OCH3 is 1. The summed E-state index contributed by atoms with van der Waals surface area (Å²) in [5.74, 6) is 0.935. The van der Waals surface area contributed by atoms with Crippen LogP contribution in [-0.2, 0) is 14.9 Å². The van der Waals surface area contributed by atoms with Crippen LogP contribution in [0.5, 0.6) is 5.75 Å². The minimum Gasteiger partial charge on any atom is -0.497 e. The maximum absolute atomic E-state index is 13.6. The molecule has 0 bridgehead atoms. The van der Waals surface area contributed by atoms with Gasteiger partial charge in [0.15, 0.2) is 5.60 Å². The highest BCUT2D eigenvalue weighted by molar-refractivity contribution is 5.98. The van der Waals surface area contributed by atoms with Gasteiger partial charge >= 0.3 is 5.97 Å². The van der Waals surface area contributed by atoms with Crippen LogP contribution in [0.2, 0.25) is 0 Å². The molecule has 6 heteroatoms. The van der Waals surface area contributed by atoms with E-state index in [1.165, 1.54) is 6.92 Å². The highest BCUT2D eigenvalue weighted by atomic mass is 16.6. The first kappa shape index (κ1) is 29.8. The van der Waals surface area contributed by atoms with E-state index in [1.54, 1.807) is 7.11 Å². The van der Waals surface area contributed by atoms with Crippen molar-refractivity contribution in [2.45, 2.75) is 63.5 Å². The fraction of sp³-hybridized carbons (Fsp3) is 0.444. The predicted molar refractivity (Wildman–Crippen MR) is 168 cm³/mol.